The van der Waals surface area contributed by atoms with Crippen LogP contribution in [0.3, 0.4) is 0 Å². The van der Waals surface area contributed by atoms with Gasteiger partial charge in [-0.25, -0.2) is 4.68 Å². The molecule has 0 saturated heterocycles. The number of hydrogen-bond acceptors (Lipinski definition) is 4. The van der Waals surface area contributed by atoms with Gasteiger partial charge in [0.15, 0.2) is 5.82 Å². The summed E-state index contributed by atoms with van der Waals surface area (Å²) in [5.74, 6) is 0.848. The van der Waals surface area contributed by atoms with Crippen molar-refractivity contribution in [2.75, 3.05) is 6.54 Å². The molecule has 2 N–H and O–H groups in total. The highest BCUT2D eigenvalue weighted by atomic mass is 35.5. The quantitative estimate of drug-likeness (QED) is 0.869. The highest BCUT2D eigenvalue weighted by Crippen LogP contribution is 2.12. The van der Waals surface area contributed by atoms with E-state index in [-0.39, 0.29) is 0 Å². The van der Waals surface area contributed by atoms with Crippen LogP contribution in [0.2, 0.25) is 5.02 Å². The molecule has 0 amide bonds. The molecule has 1 heterocycles. The molecule has 0 fully saturated rings. The average molecular weight is 252 g/mol. The number of rotatable bonds is 5. The van der Waals surface area contributed by atoms with E-state index in [1.807, 2.05) is 24.3 Å². The number of tetrazole rings is 1. The Morgan fingerprint density at radius 1 is 1.24 bits per heavy atom. The molecule has 0 aliphatic heterocycles. The summed E-state index contributed by atoms with van der Waals surface area (Å²) >= 11 is 5.83. The molecule has 0 aliphatic carbocycles. The second-order valence-electron chi connectivity index (χ2n) is 3.76. The van der Waals surface area contributed by atoms with E-state index >= 15 is 0 Å². The van der Waals surface area contributed by atoms with Gasteiger partial charge >= 0.3 is 0 Å². The third kappa shape index (κ3) is 3.25. The van der Waals surface area contributed by atoms with Gasteiger partial charge in [-0.3, -0.25) is 0 Å². The summed E-state index contributed by atoms with van der Waals surface area (Å²) in [6.45, 7) is 1.40. The first kappa shape index (κ1) is 12.0. The Kier molecular flexibility index (Phi) is 4.06. The maximum Gasteiger partial charge on any atom is 0.155 e. The average Bonchev–Trinajstić information content (AvgIpc) is 2.77. The number of hydrogen-bond donors (Lipinski definition) is 1. The zero-order valence-electron chi connectivity index (χ0n) is 9.38. The summed E-state index contributed by atoms with van der Waals surface area (Å²) in [7, 11) is 0. The van der Waals surface area contributed by atoms with Crippen molar-refractivity contribution in [2.45, 2.75) is 19.4 Å². The number of halogens is 1. The van der Waals surface area contributed by atoms with Gasteiger partial charge in [-0.2, -0.15) is 0 Å². The molecular formula is C11H14ClN5. The number of aryl methyl sites for hydroxylation is 1. The maximum absolute atomic E-state index is 5.83. The van der Waals surface area contributed by atoms with Gasteiger partial charge in [0.25, 0.3) is 0 Å². The predicted octanol–water partition coefficient (Wildman–Crippen LogP) is 1.27. The first-order valence-electron chi connectivity index (χ1n) is 5.49. The van der Waals surface area contributed by atoms with Crippen LogP contribution in [-0.2, 0) is 13.0 Å². The standard InChI is InChI=1S/C11H14ClN5/c12-10-4-2-9(3-5-10)8-11-14-15-16-17(11)7-1-6-13/h2-5H,1,6-8,13H2. The Morgan fingerprint density at radius 3 is 2.71 bits per heavy atom. The van der Waals surface area contributed by atoms with Crippen molar-refractivity contribution in [3.05, 3.63) is 40.7 Å². The topological polar surface area (TPSA) is 69.6 Å². The Hall–Kier alpha value is -1.46. The van der Waals surface area contributed by atoms with Crippen LogP contribution >= 0.6 is 11.6 Å². The Morgan fingerprint density at radius 2 is 2.00 bits per heavy atom. The van der Waals surface area contributed by atoms with Gasteiger partial charge in [0, 0.05) is 18.0 Å². The fourth-order valence-electron chi connectivity index (χ4n) is 1.55. The molecule has 0 unspecified atom stereocenters. The lowest BCUT2D eigenvalue weighted by molar-refractivity contribution is 0.547. The summed E-state index contributed by atoms with van der Waals surface area (Å²) in [5.41, 5.74) is 6.61. The molecule has 17 heavy (non-hydrogen) atoms. The monoisotopic (exact) mass is 251 g/mol. The lowest BCUT2D eigenvalue weighted by Crippen LogP contribution is -2.10. The van der Waals surface area contributed by atoms with E-state index in [2.05, 4.69) is 15.5 Å². The summed E-state index contributed by atoms with van der Waals surface area (Å²) in [6.07, 6.45) is 1.58. The summed E-state index contributed by atoms with van der Waals surface area (Å²) in [5, 5.41) is 12.4. The van der Waals surface area contributed by atoms with Crippen LogP contribution in [0.5, 0.6) is 0 Å². The van der Waals surface area contributed by atoms with Crippen molar-refractivity contribution >= 4 is 11.6 Å². The van der Waals surface area contributed by atoms with E-state index in [0.29, 0.717) is 13.0 Å². The van der Waals surface area contributed by atoms with E-state index in [9.17, 15) is 0 Å². The van der Waals surface area contributed by atoms with Crippen LogP contribution in [0.15, 0.2) is 24.3 Å². The van der Waals surface area contributed by atoms with Crippen LogP contribution in [-0.4, -0.2) is 26.8 Å². The number of nitrogens with two attached hydrogens (primary N) is 1. The molecule has 0 spiro atoms. The number of benzene rings is 1. The van der Waals surface area contributed by atoms with Gasteiger partial charge in [0.05, 0.1) is 0 Å². The zero-order chi connectivity index (χ0) is 12.1. The van der Waals surface area contributed by atoms with E-state index in [1.165, 1.54) is 0 Å². The third-order valence-electron chi connectivity index (χ3n) is 2.46. The molecule has 6 heteroatoms. The summed E-state index contributed by atoms with van der Waals surface area (Å²) in [4.78, 5) is 0. The van der Waals surface area contributed by atoms with Crippen LogP contribution in [0.4, 0.5) is 0 Å². The molecule has 0 saturated carbocycles. The van der Waals surface area contributed by atoms with Crippen molar-refractivity contribution in [1.29, 1.82) is 0 Å². The van der Waals surface area contributed by atoms with Gasteiger partial charge in [-0.1, -0.05) is 23.7 Å². The Labute approximate surface area is 105 Å². The van der Waals surface area contributed by atoms with Crippen LogP contribution < -0.4 is 5.73 Å². The summed E-state index contributed by atoms with van der Waals surface area (Å²) in [6, 6.07) is 7.68. The first-order valence-corrected chi connectivity index (χ1v) is 5.87. The largest absolute Gasteiger partial charge is 0.330 e. The molecule has 5 nitrogen and oxygen atoms in total. The minimum atomic E-state index is 0.639. The maximum atomic E-state index is 5.83. The van der Waals surface area contributed by atoms with Crippen LogP contribution in [0, 0.1) is 0 Å². The van der Waals surface area contributed by atoms with Gasteiger partial charge in [0.1, 0.15) is 0 Å². The summed E-state index contributed by atoms with van der Waals surface area (Å²) < 4.78 is 1.79. The van der Waals surface area contributed by atoms with E-state index in [0.717, 1.165) is 29.4 Å². The Bertz CT molecular complexity index is 465. The second-order valence-corrected chi connectivity index (χ2v) is 4.20. The predicted molar refractivity (Wildman–Crippen MR) is 65.7 cm³/mol. The zero-order valence-corrected chi connectivity index (χ0v) is 10.1. The molecule has 0 atom stereocenters. The highest BCUT2D eigenvalue weighted by Gasteiger charge is 2.06. The number of aromatic nitrogens is 4. The fraction of sp³-hybridized carbons (Fsp3) is 0.364. The molecule has 90 valence electrons. The molecule has 0 aliphatic rings. The minimum Gasteiger partial charge on any atom is -0.330 e. The molecule has 0 radical (unpaired) electrons. The lowest BCUT2D eigenvalue weighted by atomic mass is 10.1. The van der Waals surface area contributed by atoms with Crippen molar-refractivity contribution in [3.8, 4) is 0 Å². The highest BCUT2D eigenvalue weighted by molar-refractivity contribution is 6.30. The number of nitrogens with zero attached hydrogens (tertiary/aromatic N) is 4. The van der Waals surface area contributed by atoms with Gasteiger partial charge in [-0.15, -0.1) is 5.10 Å². The van der Waals surface area contributed by atoms with Gasteiger partial charge < -0.3 is 5.73 Å². The lowest BCUT2D eigenvalue weighted by Gasteiger charge is -2.03. The molecule has 1 aromatic carbocycles. The van der Waals surface area contributed by atoms with Gasteiger partial charge in [-0.05, 0) is 41.1 Å². The van der Waals surface area contributed by atoms with Crippen LogP contribution in [0.1, 0.15) is 17.8 Å². The normalized spacial score (nSPS) is 10.7. The van der Waals surface area contributed by atoms with Crippen molar-refractivity contribution in [2.24, 2.45) is 5.73 Å². The molecule has 0 bridgehead atoms. The van der Waals surface area contributed by atoms with E-state index in [4.69, 9.17) is 17.3 Å². The molecular weight excluding hydrogens is 238 g/mol. The second kappa shape index (κ2) is 5.75. The minimum absolute atomic E-state index is 0.639. The van der Waals surface area contributed by atoms with E-state index < -0.39 is 0 Å². The molecule has 1 aromatic heterocycles. The Balaban J connectivity index is 2.07. The van der Waals surface area contributed by atoms with Crippen molar-refractivity contribution in [1.82, 2.24) is 20.2 Å². The molecule has 2 aromatic rings. The third-order valence-corrected chi connectivity index (χ3v) is 2.71. The SMILES string of the molecule is NCCCn1nnnc1Cc1ccc(Cl)cc1. The smallest absolute Gasteiger partial charge is 0.155 e. The molecule has 2 rings (SSSR count). The van der Waals surface area contributed by atoms with Crippen LogP contribution in [0.25, 0.3) is 0 Å². The van der Waals surface area contributed by atoms with Crippen molar-refractivity contribution < 1.29 is 0 Å². The van der Waals surface area contributed by atoms with Crippen molar-refractivity contribution in [3.63, 3.8) is 0 Å². The first-order chi connectivity index (χ1) is 8.29. The van der Waals surface area contributed by atoms with E-state index in [1.54, 1.807) is 4.68 Å². The fourth-order valence-corrected chi connectivity index (χ4v) is 1.68. The van der Waals surface area contributed by atoms with Gasteiger partial charge in [0.2, 0.25) is 0 Å².